The molecular formula is C8H6Cl2NO2-. The normalized spacial score (nSPS) is 10.0. The molecule has 0 aliphatic heterocycles. The predicted molar refractivity (Wildman–Crippen MR) is 49.6 cm³/mol. The van der Waals surface area contributed by atoms with E-state index >= 15 is 0 Å². The summed E-state index contributed by atoms with van der Waals surface area (Å²) in [7, 11) is 0. The average molecular weight is 219 g/mol. The summed E-state index contributed by atoms with van der Waals surface area (Å²) in [6.45, 7) is 0. The zero-order chi connectivity index (χ0) is 10.0. The minimum atomic E-state index is -1.21. The molecule has 1 rings (SSSR count). The molecule has 1 aromatic rings. The zero-order valence-corrected chi connectivity index (χ0v) is 8.02. The van der Waals surface area contributed by atoms with Crippen LogP contribution in [0.15, 0.2) is 12.1 Å². The Kier molecular flexibility index (Phi) is 3.01. The molecule has 0 radical (unpaired) electrons. The van der Waals surface area contributed by atoms with Crippen molar-refractivity contribution in [3.05, 3.63) is 27.7 Å². The number of nitrogens with two attached hydrogens (primary N) is 1. The van der Waals surface area contributed by atoms with Gasteiger partial charge in [0.1, 0.15) is 0 Å². The summed E-state index contributed by atoms with van der Waals surface area (Å²) < 4.78 is 0. The van der Waals surface area contributed by atoms with E-state index in [0.717, 1.165) is 0 Å². The van der Waals surface area contributed by atoms with Crippen molar-refractivity contribution in [2.45, 2.75) is 6.42 Å². The van der Waals surface area contributed by atoms with E-state index < -0.39 is 5.97 Å². The topological polar surface area (TPSA) is 66.2 Å². The number of carboxylic acids is 1. The summed E-state index contributed by atoms with van der Waals surface area (Å²) in [6, 6.07) is 2.84. The van der Waals surface area contributed by atoms with E-state index in [0.29, 0.717) is 16.3 Å². The summed E-state index contributed by atoms with van der Waals surface area (Å²) in [5, 5.41) is 10.8. The smallest absolute Gasteiger partial charge is 0.0639 e. The van der Waals surface area contributed by atoms with Gasteiger partial charge in [-0.3, -0.25) is 0 Å². The number of benzene rings is 1. The number of rotatable bonds is 2. The van der Waals surface area contributed by atoms with Crippen LogP contribution in [0.3, 0.4) is 0 Å². The van der Waals surface area contributed by atoms with Crippen molar-refractivity contribution in [3.63, 3.8) is 0 Å². The van der Waals surface area contributed by atoms with E-state index in [9.17, 15) is 9.90 Å². The highest BCUT2D eigenvalue weighted by atomic mass is 35.5. The molecule has 2 N–H and O–H groups in total. The van der Waals surface area contributed by atoms with Crippen molar-refractivity contribution < 1.29 is 9.90 Å². The van der Waals surface area contributed by atoms with Crippen LogP contribution in [0, 0.1) is 0 Å². The largest absolute Gasteiger partial charge is 0.550 e. The van der Waals surface area contributed by atoms with E-state index in [1.54, 1.807) is 0 Å². The number of carbonyl (C=O) groups is 1. The molecule has 0 aliphatic rings. The maximum atomic E-state index is 10.3. The third-order valence-corrected chi connectivity index (χ3v) is 2.18. The SMILES string of the molecule is Nc1cc(Cl)c(CC(=O)[O-])cc1Cl. The Hall–Kier alpha value is -0.930. The molecule has 0 amide bonds. The summed E-state index contributed by atoms with van der Waals surface area (Å²) in [6.07, 6.45) is -0.265. The zero-order valence-electron chi connectivity index (χ0n) is 6.51. The first-order valence-electron chi connectivity index (χ1n) is 3.44. The molecule has 0 heterocycles. The molecule has 3 nitrogen and oxygen atoms in total. The Labute approximate surface area is 85.1 Å². The fraction of sp³-hybridized carbons (Fsp3) is 0.125. The van der Waals surface area contributed by atoms with Crippen LogP contribution in [0.2, 0.25) is 10.0 Å². The Morgan fingerprint density at radius 1 is 1.38 bits per heavy atom. The maximum Gasteiger partial charge on any atom is 0.0639 e. The number of carbonyl (C=O) groups excluding carboxylic acids is 1. The van der Waals surface area contributed by atoms with Gasteiger partial charge in [-0.1, -0.05) is 23.2 Å². The highest BCUT2D eigenvalue weighted by Crippen LogP contribution is 2.27. The molecule has 13 heavy (non-hydrogen) atoms. The van der Waals surface area contributed by atoms with Crippen LogP contribution in [0.4, 0.5) is 5.69 Å². The van der Waals surface area contributed by atoms with E-state index in [4.69, 9.17) is 28.9 Å². The third-order valence-electron chi connectivity index (χ3n) is 1.50. The summed E-state index contributed by atoms with van der Waals surface area (Å²) in [4.78, 5) is 10.3. The van der Waals surface area contributed by atoms with Gasteiger partial charge in [0.2, 0.25) is 0 Å². The quantitative estimate of drug-likeness (QED) is 0.750. The Bertz CT molecular complexity index is 352. The Balaban J connectivity index is 3.08. The molecule has 0 fully saturated rings. The molecule has 70 valence electrons. The second-order valence-electron chi connectivity index (χ2n) is 2.51. The number of nitrogen functional groups attached to an aromatic ring is 1. The van der Waals surface area contributed by atoms with Gasteiger partial charge in [0, 0.05) is 17.4 Å². The number of aliphatic carboxylic acids is 1. The van der Waals surface area contributed by atoms with Crippen LogP contribution in [0.1, 0.15) is 5.56 Å². The molecule has 0 atom stereocenters. The first kappa shape index (κ1) is 10.2. The highest BCUT2D eigenvalue weighted by Gasteiger charge is 2.04. The average Bonchev–Trinajstić information content (AvgIpc) is 1.99. The second kappa shape index (κ2) is 3.85. The van der Waals surface area contributed by atoms with Gasteiger partial charge in [-0.15, -0.1) is 0 Å². The molecule has 5 heteroatoms. The van der Waals surface area contributed by atoms with Crippen molar-refractivity contribution >= 4 is 34.9 Å². The minimum Gasteiger partial charge on any atom is -0.550 e. The van der Waals surface area contributed by atoms with E-state index in [1.807, 2.05) is 0 Å². The predicted octanol–water partition coefficient (Wildman–Crippen LogP) is 0.868. The maximum absolute atomic E-state index is 10.3. The monoisotopic (exact) mass is 218 g/mol. The number of carboxylic acid groups (broad SMARTS) is 1. The summed E-state index contributed by atoms with van der Waals surface area (Å²) in [5.41, 5.74) is 6.17. The molecule has 0 saturated carbocycles. The molecule has 0 aromatic heterocycles. The summed E-state index contributed by atoms with van der Waals surface area (Å²) in [5.74, 6) is -1.21. The van der Waals surface area contributed by atoms with Crippen LogP contribution in [0.5, 0.6) is 0 Å². The van der Waals surface area contributed by atoms with Crippen LogP contribution in [-0.2, 0) is 11.2 Å². The van der Waals surface area contributed by atoms with Gasteiger partial charge >= 0.3 is 0 Å². The van der Waals surface area contributed by atoms with Gasteiger partial charge < -0.3 is 15.6 Å². The highest BCUT2D eigenvalue weighted by molar-refractivity contribution is 6.35. The molecule has 0 aliphatic carbocycles. The van der Waals surface area contributed by atoms with Crippen LogP contribution < -0.4 is 10.8 Å². The standard InChI is InChI=1S/C8H7Cl2NO2/c9-5-3-7(11)6(10)1-4(5)2-8(12)13/h1,3H,2,11H2,(H,12,13)/p-1. The lowest BCUT2D eigenvalue weighted by molar-refractivity contribution is -0.304. The third kappa shape index (κ3) is 2.50. The second-order valence-corrected chi connectivity index (χ2v) is 3.33. The lowest BCUT2D eigenvalue weighted by Gasteiger charge is -2.07. The number of halogens is 2. The van der Waals surface area contributed by atoms with Crippen molar-refractivity contribution in [3.8, 4) is 0 Å². The molecule has 1 aromatic carbocycles. The number of anilines is 1. The van der Waals surface area contributed by atoms with Crippen molar-refractivity contribution in [1.29, 1.82) is 0 Å². The Morgan fingerprint density at radius 3 is 2.54 bits per heavy atom. The first-order chi connectivity index (χ1) is 6.00. The Morgan fingerprint density at radius 2 is 2.00 bits per heavy atom. The van der Waals surface area contributed by atoms with Crippen LogP contribution in [-0.4, -0.2) is 5.97 Å². The number of hydrogen-bond acceptors (Lipinski definition) is 3. The fourth-order valence-electron chi connectivity index (χ4n) is 0.894. The molecule has 0 unspecified atom stereocenters. The van der Waals surface area contributed by atoms with Crippen molar-refractivity contribution in [1.82, 2.24) is 0 Å². The molecule has 0 bridgehead atoms. The minimum absolute atomic E-state index is 0.265. The van der Waals surface area contributed by atoms with Gasteiger partial charge in [0.05, 0.1) is 10.7 Å². The van der Waals surface area contributed by atoms with E-state index in [1.165, 1.54) is 12.1 Å². The molecular weight excluding hydrogens is 213 g/mol. The van der Waals surface area contributed by atoms with Gasteiger partial charge in [-0.2, -0.15) is 0 Å². The first-order valence-corrected chi connectivity index (χ1v) is 4.19. The van der Waals surface area contributed by atoms with E-state index in [-0.39, 0.29) is 11.4 Å². The molecule has 0 saturated heterocycles. The lowest BCUT2D eigenvalue weighted by atomic mass is 10.1. The van der Waals surface area contributed by atoms with Crippen LogP contribution in [0.25, 0.3) is 0 Å². The van der Waals surface area contributed by atoms with E-state index in [2.05, 4.69) is 0 Å². The summed E-state index contributed by atoms with van der Waals surface area (Å²) >= 11 is 11.4. The van der Waals surface area contributed by atoms with Crippen molar-refractivity contribution in [2.75, 3.05) is 5.73 Å². The molecule has 0 spiro atoms. The van der Waals surface area contributed by atoms with Crippen LogP contribution >= 0.6 is 23.2 Å². The van der Waals surface area contributed by atoms with Gasteiger partial charge in [-0.05, 0) is 17.7 Å². The van der Waals surface area contributed by atoms with Gasteiger partial charge in [0.15, 0.2) is 0 Å². The van der Waals surface area contributed by atoms with Crippen molar-refractivity contribution in [2.24, 2.45) is 0 Å². The lowest BCUT2D eigenvalue weighted by Crippen LogP contribution is -2.24. The van der Waals surface area contributed by atoms with Gasteiger partial charge in [-0.25, -0.2) is 0 Å². The number of hydrogen-bond donors (Lipinski definition) is 1. The van der Waals surface area contributed by atoms with Gasteiger partial charge in [0.25, 0.3) is 0 Å². The fourth-order valence-corrected chi connectivity index (χ4v) is 1.32.